The highest BCUT2D eigenvalue weighted by atomic mass is 16.6. The predicted octanol–water partition coefficient (Wildman–Crippen LogP) is 1.45. The molecule has 0 saturated carbocycles. The Morgan fingerprint density at radius 1 is 1.60 bits per heavy atom. The molecule has 0 bridgehead atoms. The second kappa shape index (κ2) is 3.74. The lowest BCUT2D eigenvalue weighted by Crippen LogP contribution is -2.26. The highest BCUT2D eigenvalue weighted by Crippen LogP contribution is 2.19. The molecule has 0 spiro atoms. The van der Waals surface area contributed by atoms with Crippen molar-refractivity contribution in [2.45, 2.75) is 38.1 Å². The number of rotatable bonds is 2. The molecule has 58 valence electrons. The fourth-order valence-electron chi connectivity index (χ4n) is 1.24. The molecule has 2 atom stereocenters. The molecule has 0 aromatic rings. The summed E-state index contributed by atoms with van der Waals surface area (Å²) < 4.78 is 5.21. The third-order valence-electron chi connectivity index (χ3n) is 1.76. The minimum absolute atomic E-state index is 0.209. The first-order valence-corrected chi connectivity index (χ1v) is 3.77. The molecule has 2 heteroatoms. The molecule has 0 aromatic heterocycles. The monoisotopic (exact) mass is 142 g/mol. The molecule has 0 amide bonds. The van der Waals surface area contributed by atoms with E-state index in [1.807, 2.05) is 6.08 Å². The SMILES string of the molecule is C=CC[C@H]1CCCC(O)O1. The van der Waals surface area contributed by atoms with E-state index in [2.05, 4.69) is 6.58 Å². The number of aliphatic hydroxyl groups is 1. The van der Waals surface area contributed by atoms with Gasteiger partial charge < -0.3 is 9.84 Å². The van der Waals surface area contributed by atoms with Crippen LogP contribution in [0.2, 0.25) is 0 Å². The van der Waals surface area contributed by atoms with Crippen LogP contribution < -0.4 is 0 Å². The molecular formula is C8H14O2. The van der Waals surface area contributed by atoms with Crippen LogP contribution in [-0.4, -0.2) is 17.5 Å². The second-order valence-corrected chi connectivity index (χ2v) is 2.67. The summed E-state index contributed by atoms with van der Waals surface area (Å²) in [4.78, 5) is 0. The zero-order valence-electron chi connectivity index (χ0n) is 6.12. The van der Waals surface area contributed by atoms with Crippen molar-refractivity contribution in [1.29, 1.82) is 0 Å². The van der Waals surface area contributed by atoms with Crippen molar-refractivity contribution in [1.82, 2.24) is 0 Å². The third kappa shape index (κ3) is 2.12. The first-order valence-electron chi connectivity index (χ1n) is 3.77. The van der Waals surface area contributed by atoms with E-state index in [9.17, 15) is 0 Å². The zero-order valence-corrected chi connectivity index (χ0v) is 6.12. The van der Waals surface area contributed by atoms with Crippen LogP contribution in [0.5, 0.6) is 0 Å². The largest absolute Gasteiger partial charge is 0.368 e. The van der Waals surface area contributed by atoms with E-state index in [0.717, 1.165) is 25.7 Å². The Labute approximate surface area is 61.5 Å². The molecule has 1 saturated heterocycles. The van der Waals surface area contributed by atoms with Crippen molar-refractivity contribution in [2.75, 3.05) is 0 Å². The van der Waals surface area contributed by atoms with Gasteiger partial charge in [0.2, 0.25) is 0 Å². The van der Waals surface area contributed by atoms with Crippen LogP contribution in [0.3, 0.4) is 0 Å². The smallest absolute Gasteiger partial charge is 0.154 e. The lowest BCUT2D eigenvalue weighted by Gasteiger charge is -2.25. The van der Waals surface area contributed by atoms with Crippen molar-refractivity contribution in [3.05, 3.63) is 12.7 Å². The van der Waals surface area contributed by atoms with Gasteiger partial charge in [0.1, 0.15) is 0 Å². The van der Waals surface area contributed by atoms with Crippen LogP contribution in [0.15, 0.2) is 12.7 Å². The summed E-state index contributed by atoms with van der Waals surface area (Å²) in [5.74, 6) is 0. The predicted molar refractivity (Wildman–Crippen MR) is 39.5 cm³/mol. The van der Waals surface area contributed by atoms with Crippen molar-refractivity contribution in [3.63, 3.8) is 0 Å². The molecule has 1 rings (SSSR count). The van der Waals surface area contributed by atoms with Crippen LogP contribution >= 0.6 is 0 Å². The quantitative estimate of drug-likeness (QED) is 0.591. The molecule has 1 aliphatic heterocycles. The minimum Gasteiger partial charge on any atom is -0.368 e. The summed E-state index contributed by atoms with van der Waals surface area (Å²) in [6.45, 7) is 3.62. The standard InChI is InChI=1S/C8H14O2/c1-2-4-7-5-3-6-8(9)10-7/h2,7-9H,1,3-6H2/t7-,8?/m0/s1. The molecular weight excluding hydrogens is 128 g/mol. The normalized spacial score (nSPS) is 33.7. The number of hydrogen-bond acceptors (Lipinski definition) is 2. The van der Waals surface area contributed by atoms with Gasteiger partial charge in [-0.05, 0) is 25.7 Å². The van der Waals surface area contributed by atoms with Gasteiger partial charge in [-0.1, -0.05) is 6.08 Å². The van der Waals surface area contributed by atoms with Crippen molar-refractivity contribution >= 4 is 0 Å². The average Bonchev–Trinajstić information content (AvgIpc) is 1.88. The van der Waals surface area contributed by atoms with Crippen molar-refractivity contribution in [3.8, 4) is 0 Å². The highest BCUT2D eigenvalue weighted by molar-refractivity contribution is 4.75. The van der Waals surface area contributed by atoms with Crippen molar-refractivity contribution in [2.24, 2.45) is 0 Å². The zero-order chi connectivity index (χ0) is 7.40. The molecule has 0 radical (unpaired) electrons. The molecule has 1 heterocycles. The Kier molecular flexibility index (Phi) is 2.90. The number of hydrogen-bond donors (Lipinski definition) is 1. The fourth-order valence-corrected chi connectivity index (χ4v) is 1.24. The number of ether oxygens (including phenoxy) is 1. The van der Waals surface area contributed by atoms with E-state index in [4.69, 9.17) is 9.84 Å². The first-order chi connectivity index (χ1) is 4.83. The summed E-state index contributed by atoms with van der Waals surface area (Å²) in [5.41, 5.74) is 0. The van der Waals surface area contributed by atoms with E-state index in [-0.39, 0.29) is 6.10 Å². The molecule has 2 nitrogen and oxygen atoms in total. The van der Waals surface area contributed by atoms with Crippen LogP contribution in [0.25, 0.3) is 0 Å². The molecule has 10 heavy (non-hydrogen) atoms. The Morgan fingerprint density at radius 3 is 3.00 bits per heavy atom. The maximum Gasteiger partial charge on any atom is 0.154 e. The summed E-state index contributed by atoms with van der Waals surface area (Å²) in [5, 5.41) is 9.05. The summed E-state index contributed by atoms with van der Waals surface area (Å²) in [7, 11) is 0. The summed E-state index contributed by atoms with van der Waals surface area (Å²) >= 11 is 0. The minimum atomic E-state index is -0.529. The van der Waals surface area contributed by atoms with Crippen LogP contribution in [0.4, 0.5) is 0 Å². The van der Waals surface area contributed by atoms with Gasteiger partial charge in [-0.15, -0.1) is 6.58 Å². The lowest BCUT2D eigenvalue weighted by molar-refractivity contribution is -0.161. The van der Waals surface area contributed by atoms with Gasteiger partial charge in [0.15, 0.2) is 6.29 Å². The molecule has 0 aliphatic carbocycles. The lowest BCUT2D eigenvalue weighted by atomic mass is 10.1. The molecule has 1 unspecified atom stereocenters. The van der Waals surface area contributed by atoms with Gasteiger partial charge in [0.25, 0.3) is 0 Å². The van der Waals surface area contributed by atoms with E-state index < -0.39 is 6.29 Å². The summed E-state index contributed by atoms with van der Waals surface area (Å²) in [6, 6.07) is 0. The van der Waals surface area contributed by atoms with Gasteiger partial charge in [-0.2, -0.15) is 0 Å². The number of aliphatic hydroxyl groups excluding tert-OH is 1. The fraction of sp³-hybridized carbons (Fsp3) is 0.750. The highest BCUT2D eigenvalue weighted by Gasteiger charge is 2.18. The van der Waals surface area contributed by atoms with E-state index in [1.165, 1.54) is 0 Å². The Morgan fingerprint density at radius 2 is 2.40 bits per heavy atom. The molecule has 0 aromatic carbocycles. The van der Waals surface area contributed by atoms with Crippen LogP contribution in [0.1, 0.15) is 25.7 Å². The molecule has 1 fully saturated rings. The molecule has 1 N–H and O–H groups in total. The van der Waals surface area contributed by atoms with Gasteiger partial charge >= 0.3 is 0 Å². The summed E-state index contributed by atoms with van der Waals surface area (Å²) in [6.07, 6.45) is 5.29. The van der Waals surface area contributed by atoms with E-state index >= 15 is 0 Å². The second-order valence-electron chi connectivity index (χ2n) is 2.67. The Balaban J connectivity index is 2.24. The Hall–Kier alpha value is -0.340. The van der Waals surface area contributed by atoms with Crippen molar-refractivity contribution < 1.29 is 9.84 Å². The Bertz CT molecular complexity index is 112. The first kappa shape index (κ1) is 7.76. The maximum atomic E-state index is 9.05. The van der Waals surface area contributed by atoms with Gasteiger partial charge in [-0.3, -0.25) is 0 Å². The van der Waals surface area contributed by atoms with Gasteiger partial charge in [0, 0.05) is 0 Å². The van der Waals surface area contributed by atoms with Crippen LogP contribution in [-0.2, 0) is 4.74 Å². The van der Waals surface area contributed by atoms with Crippen LogP contribution in [0, 0.1) is 0 Å². The van der Waals surface area contributed by atoms with Gasteiger partial charge in [0.05, 0.1) is 6.10 Å². The van der Waals surface area contributed by atoms with Gasteiger partial charge in [-0.25, -0.2) is 0 Å². The van der Waals surface area contributed by atoms with E-state index in [1.54, 1.807) is 0 Å². The topological polar surface area (TPSA) is 29.5 Å². The van der Waals surface area contributed by atoms with E-state index in [0.29, 0.717) is 0 Å². The maximum absolute atomic E-state index is 9.05. The molecule has 1 aliphatic rings. The average molecular weight is 142 g/mol. The third-order valence-corrected chi connectivity index (χ3v) is 1.76.